The first-order valence-electron chi connectivity index (χ1n) is 12.9. The number of Topliss-reactive ketones (excluding diaryl/α,β-unsaturated/α-hetero) is 1. The molecule has 0 unspecified atom stereocenters. The number of hydrogen-bond donors (Lipinski definition) is 2. The third-order valence-corrected chi connectivity index (χ3v) is 7.27. The summed E-state index contributed by atoms with van der Waals surface area (Å²) in [4.78, 5) is 17.1. The van der Waals surface area contributed by atoms with Crippen molar-refractivity contribution in [2.24, 2.45) is 5.92 Å². The van der Waals surface area contributed by atoms with Crippen LogP contribution >= 0.6 is 0 Å². The quantitative estimate of drug-likeness (QED) is 0.440. The van der Waals surface area contributed by atoms with Crippen LogP contribution in [0.5, 0.6) is 0 Å². The lowest BCUT2D eigenvalue weighted by Gasteiger charge is -2.25. The monoisotopic (exact) mass is 496 g/mol. The number of ether oxygens (including phenoxy) is 2. The average Bonchev–Trinajstić information content (AvgIpc) is 3.60. The second kappa shape index (κ2) is 11.1. The van der Waals surface area contributed by atoms with Gasteiger partial charge in [-0.1, -0.05) is 0 Å². The molecule has 2 atom stereocenters. The van der Waals surface area contributed by atoms with E-state index in [1.165, 1.54) is 0 Å². The number of aromatic nitrogens is 5. The Morgan fingerprint density at radius 1 is 1.28 bits per heavy atom. The summed E-state index contributed by atoms with van der Waals surface area (Å²) in [6, 6.07) is 2.25. The molecule has 1 aliphatic carbocycles. The molecule has 10 heteroatoms. The van der Waals surface area contributed by atoms with Crippen molar-refractivity contribution < 1.29 is 19.4 Å². The lowest BCUT2D eigenvalue weighted by molar-refractivity contribution is -0.120. The number of fused-ring (bicyclic) bond motifs is 1. The number of nitrogens with one attached hydrogen (secondary N) is 1. The van der Waals surface area contributed by atoms with Crippen molar-refractivity contribution in [3.8, 4) is 11.1 Å². The fourth-order valence-electron chi connectivity index (χ4n) is 5.39. The summed E-state index contributed by atoms with van der Waals surface area (Å²) in [5.74, 6) is 1.35. The van der Waals surface area contributed by atoms with E-state index in [0.717, 1.165) is 61.0 Å². The molecule has 0 spiro atoms. The minimum atomic E-state index is -0.222. The van der Waals surface area contributed by atoms with Gasteiger partial charge in [0.15, 0.2) is 5.78 Å². The summed E-state index contributed by atoms with van der Waals surface area (Å²) in [5.41, 5.74) is 3.94. The molecule has 2 N–H and O–H groups in total. The SMILES string of the molecule is COC[C@H](C)Nc1ncc2c(-c3cnn(CC(=O)C[C@H]4CCOC4)c3)cc(C3CCC(O)CC3)n2n1. The number of aliphatic hydroxyl groups is 1. The van der Waals surface area contributed by atoms with Crippen LogP contribution in [0.15, 0.2) is 24.7 Å². The van der Waals surface area contributed by atoms with E-state index in [0.29, 0.717) is 37.4 Å². The van der Waals surface area contributed by atoms with Crippen molar-refractivity contribution in [2.45, 2.75) is 70.1 Å². The van der Waals surface area contributed by atoms with Gasteiger partial charge in [0, 0.05) is 61.7 Å². The van der Waals surface area contributed by atoms with E-state index in [1.807, 2.05) is 30.0 Å². The smallest absolute Gasteiger partial charge is 0.241 e. The number of carbonyl (C=O) groups excluding carboxylic acids is 1. The van der Waals surface area contributed by atoms with E-state index in [9.17, 15) is 9.90 Å². The van der Waals surface area contributed by atoms with Gasteiger partial charge in [-0.3, -0.25) is 9.48 Å². The zero-order valence-electron chi connectivity index (χ0n) is 21.1. The van der Waals surface area contributed by atoms with Gasteiger partial charge in [0.2, 0.25) is 5.95 Å². The Balaban J connectivity index is 1.42. The molecule has 0 bridgehead atoms. The Morgan fingerprint density at radius 2 is 2.11 bits per heavy atom. The van der Waals surface area contributed by atoms with Crippen LogP contribution in [0.2, 0.25) is 0 Å². The Hall–Kier alpha value is -2.82. The highest BCUT2D eigenvalue weighted by molar-refractivity contribution is 5.82. The molecule has 1 aliphatic heterocycles. The fraction of sp³-hybridized carbons (Fsp3) is 0.615. The molecular formula is C26H36N6O4. The van der Waals surface area contributed by atoms with E-state index in [2.05, 4.69) is 21.5 Å². The molecule has 5 rings (SSSR count). The van der Waals surface area contributed by atoms with E-state index in [-0.39, 0.29) is 24.5 Å². The molecule has 3 aromatic rings. The van der Waals surface area contributed by atoms with Crippen molar-refractivity contribution in [3.05, 3.63) is 30.4 Å². The molecular weight excluding hydrogens is 460 g/mol. The van der Waals surface area contributed by atoms with Crippen LogP contribution < -0.4 is 5.32 Å². The zero-order chi connectivity index (χ0) is 25.1. The summed E-state index contributed by atoms with van der Waals surface area (Å²) in [6.07, 6.45) is 10.3. The third-order valence-electron chi connectivity index (χ3n) is 7.27. The molecule has 36 heavy (non-hydrogen) atoms. The van der Waals surface area contributed by atoms with Crippen molar-refractivity contribution in [1.29, 1.82) is 0 Å². The van der Waals surface area contributed by atoms with Crippen molar-refractivity contribution in [1.82, 2.24) is 24.4 Å². The molecule has 1 saturated heterocycles. The predicted octanol–water partition coefficient (Wildman–Crippen LogP) is 3.05. The molecule has 0 radical (unpaired) electrons. The maximum absolute atomic E-state index is 12.6. The van der Waals surface area contributed by atoms with Gasteiger partial charge >= 0.3 is 0 Å². The van der Waals surface area contributed by atoms with Gasteiger partial charge in [-0.2, -0.15) is 5.10 Å². The number of hydrogen-bond acceptors (Lipinski definition) is 8. The van der Waals surface area contributed by atoms with E-state index < -0.39 is 0 Å². The Bertz CT molecular complexity index is 1180. The van der Waals surface area contributed by atoms with Crippen LogP contribution in [0.1, 0.15) is 57.1 Å². The van der Waals surface area contributed by atoms with Gasteiger partial charge in [-0.25, -0.2) is 9.50 Å². The maximum atomic E-state index is 12.6. The first-order valence-corrected chi connectivity index (χ1v) is 12.9. The maximum Gasteiger partial charge on any atom is 0.241 e. The highest BCUT2D eigenvalue weighted by atomic mass is 16.5. The number of aliphatic hydroxyl groups excluding tert-OH is 1. The van der Waals surface area contributed by atoms with Crippen molar-refractivity contribution in [3.63, 3.8) is 0 Å². The number of nitrogens with zero attached hydrogens (tertiary/aromatic N) is 5. The minimum Gasteiger partial charge on any atom is -0.393 e. The molecule has 2 fully saturated rings. The summed E-state index contributed by atoms with van der Waals surface area (Å²) in [6.45, 7) is 4.26. The highest BCUT2D eigenvalue weighted by Crippen LogP contribution is 2.37. The van der Waals surface area contributed by atoms with Crippen LogP contribution in [0, 0.1) is 5.92 Å². The average molecular weight is 497 g/mol. The second-order valence-electron chi connectivity index (χ2n) is 10.3. The molecule has 0 amide bonds. The summed E-state index contributed by atoms with van der Waals surface area (Å²) in [7, 11) is 1.67. The van der Waals surface area contributed by atoms with Gasteiger partial charge in [0.25, 0.3) is 0 Å². The van der Waals surface area contributed by atoms with Crippen molar-refractivity contribution in [2.75, 3.05) is 32.2 Å². The summed E-state index contributed by atoms with van der Waals surface area (Å²) >= 11 is 0. The number of rotatable bonds is 10. The molecule has 10 nitrogen and oxygen atoms in total. The number of carbonyl (C=O) groups is 1. The van der Waals surface area contributed by atoms with Gasteiger partial charge in [-0.05, 0) is 51.0 Å². The van der Waals surface area contributed by atoms with E-state index in [4.69, 9.17) is 14.6 Å². The number of anilines is 1. The number of ketones is 1. The topological polar surface area (TPSA) is 116 Å². The highest BCUT2D eigenvalue weighted by Gasteiger charge is 2.26. The Morgan fingerprint density at radius 3 is 2.86 bits per heavy atom. The number of methoxy groups -OCH3 is 1. The molecule has 2 aliphatic rings. The van der Waals surface area contributed by atoms with Crippen LogP contribution in [0.4, 0.5) is 5.95 Å². The van der Waals surface area contributed by atoms with Gasteiger partial charge in [-0.15, -0.1) is 5.10 Å². The predicted molar refractivity (Wildman–Crippen MR) is 135 cm³/mol. The molecule has 3 aromatic heterocycles. The fourth-order valence-corrected chi connectivity index (χ4v) is 5.39. The summed E-state index contributed by atoms with van der Waals surface area (Å²) in [5, 5.41) is 22.6. The molecule has 194 valence electrons. The first kappa shape index (κ1) is 24.9. The molecule has 1 saturated carbocycles. The van der Waals surface area contributed by atoms with Gasteiger partial charge in [0.05, 0.1) is 37.2 Å². The molecule has 4 heterocycles. The van der Waals surface area contributed by atoms with Crippen molar-refractivity contribution >= 4 is 17.2 Å². The summed E-state index contributed by atoms with van der Waals surface area (Å²) < 4.78 is 14.3. The first-order chi connectivity index (χ1) is 17.5. The van der Waals surface area contributed by atoms with Crippen LogP contribution in [0.3, 0.4) is 0 Å². The standard InChI is InChI=1S/C26H36N6O4/c1-17(15-35-2)29-26-27-12-25-23(10-24(32(25)30-26)19-3-5-21(33)6-4-19)20-11-28-31(13-20)14-22(34)9-18-7-8-36-16-18/h10-13,17-19,21,33H,3-9,14-16H2,1-2H3,(H,29,30)/t17-,18+,19?,21?/m0/s1. The van der Waals surface area contributed by atoms with E-state index in [1.54, 1.807) is 11.8 Å². The Labute approximate surface area is 211 Å². The lowest BCUT2D eigenvalue weighted by atomic mass is 9.85. The molecule has 0 aromatic carbocycles. The zero-order valence-corrected chi connectivity index (χ0v) is 21.1. The van der Waals surface area contributed by atoms with E-state index >= 15 is 0 Å². The van der Waals surface area contributed by atoms with Gasteiger partial charge in [0.1, 0.15) is 0 Å². The third kappa shape index (κ3) is 5.61. The second-order valence-corrected chi connectivity index (χ2v) is 10.3. The largest absolute Gasteiger partial charge is 0.393 e. The van der Waals surface area contributed by atoms with Gasteiger partial charge < -0.3 is 19.9 Å². The van der Waals surface area contributed by atoms with Crippen LogP contribution in [0.25, 0.3) is 16.6 Å². The van der Waals surface area contributed by atoms with Crippen LogP contribution in [-0.2, 0) is 20.8 Å². The lowest BCUT2D eigenvalue weighted by Crippen LogP contribution is -2.23. The minimum absolute atomic E-state index is 0.0716. The normalized spacial score (nSPS) is 23.2. The Kier molecular flexibility index (Phi) is 7.64. The van der Waals surface area contributed by atoms with Crippen LogP contribution in [-0.4, -0.2) is 74.3 Å².